The van der Waals surface area contributed by atoms with Crippen molar-refractivity contribution in [1.29, 1.82) is 0 Å². The molecule has 1 aromatic rings. The van der Waals surface area contributed by atoms with Crippen LogP contribution in [0.15, 0.2) is 18.2 Å². The minimum atomic E-state index is -1.53. The molecule has 2 atom stereocenters. The molecule has 0 aromatic heterocycles. The first-order chi connectivity index (χ1) is 15.6. The summed E-state index contributed by atoms with van der Waals surface area (Å²) in [7, 11) is 0. The van der Waals surface area contributed by atoms with Gasteiger partial charge in [0.25, 0.3) is 0 Å². The number of hydrogen-bond donors (Lipinski definition) is 2. The van der Waals surface area contributed by atoms with E-state index in [-0.39, 0.29) is 34.4 Å². The van der Waals surface area contributed by atoms with E-state index in [9.17, 15) is 23.9 Å². The predicted molar refractivity (Wildman–Crippen MR) is 121 cm³/mol. The van der Waals surface area contributed by atoms with Crippen molar-refractivity contribution in [2.24, 2.45) is 5.41 Å². The lowest BCUT2D eigenvalue weighted by molar-refractivity contribution is -0.790. The molecular formula is C24H32ClFN3O4+. The van der Waals surface area contributed by atoms with Crippen LogP contribution in [0.1, 0.15) is 57.4 Å². The van der Waals surface area contributed by atoms with Crippen LogP contribution < -0.4 is 5.32 Å². The number of halogens is 2. The van der Waals surface area contributed by atoms with Gasteiger partial charge in [-0.1, -0.05) is 17.7 Å². The van der Waals surface area contributed by atoms with Crippen LogP contribution in [-0.2, 0) is 9.59 Å². The number of rotatable bonds is 5. The van der Waals surface area contributed by atoms with Crippen molar-refractivity contribution in [2.45, 2.75) is 57.4 Å². The summed E-state index contributed by atoms with van der Waals surface area (Å²) in [4.78, 5) is 42.1. The molecule has 3 aliphatic rings. The highest BCUT2D eigenvalue weighted by Crippen LogP contribution is 2.50. The van der Waals surface area contributed by atoms with Gasteiger partial charge >= 0.3 is 17.9 Å². The van der Waals surface area contributed by atoms with E-state index in [1.165, 1.54) is 12.1 Å². The molecule has 2 heterocycles. The quantitative estimate of drug-likeness (QED) is 0.495. The van der Waals surface area contributed by atoms with Gasteiger partial charge in [-0.2, -0.15) is 4.48 Å². The zero-order valence-corrected chi connectivity index (χ0v) is 20.0. The highest BCUT2D eigenvalue weighted by molar-refractivity contribution is 6.30. The average molecular weight is 481 g/mol. The lowest BCUT2D eigenvalue weighted by atomic mass is 9.77. The first-order valence-electron chi connectivity index (χ1n) is 11.8. The standard InChI is InChI=1S/C24H31ClFN3O4/c1-3-28(22(32)33)24(15-27-14-17(24)16-7-8-18(25)19(26)13-16)21(31)29(11-5-4-6-12-29)20(30)23(2)9-10-23/h7-8,13,17,27H,3-6,9-12,14-15H2,1-2H3/p+1/t17-,24+/m0/s1. The summed E-state index contributed by atoms with van der Waals surface area (Å²) < 4.78 is 14.1. The van der Waals surface area contributed by atoms with Crippen molar-refractivity contribution in [2.75, 3.05) is 32.7 Å². The van der Waals surface area contributed by atoms with Gasteiger partial charge in [-0.15, -0.1) is 0 Å². The fourth-order valence-electron chi connectivity index (χ4n) is 5.87. The van der Waals surface area contributed by atoms with Crippen LogP contribution in [0.25, 0.3) is 0 Å². The summed E-state index contributed by atoms with van der Waals surface area (Å²) in [6.45, 7) is 4.79. The third kappa shape index (κ3) is 3.76. The maximum atomic E-state index is 14.7. The van der Waals surface area contributed by atoms with Crippen molar-refractivity contribution >= 4 is 29.5 Å². The average Bonchev–Trinajstić information content (AvgIpc) is 3.40. The molecule has 3 amide bonds. The van der Waals surface area contributed by atoms with Crippen LogP contribution in [0.4, 0.5) is 9.18 Å². The van der Waals surface area contributed by atoms with Crippen molar-refractivity contribution in [1.82, 2.24) is 10.2 Å². The van der Waals surface area contributed by atoms with E-state index in [1.54, 1.807) is 13.0 Å². The fourth-order valence-corrected chi connectivity index (χ4v) is 5.99. The van der Waals surface area contributed by atoms with E-state index in [0.717, 1.165) is 37.0 Å². The molecule has 2 saturated heterocycles. The van der Waals surface area contributed by atoms with Gasteiger partial charge in [0.2, 0.25) is 0 Å². The number of piperidine rings is 1. The fraction of sp³-hybridized carbons (Fsp3) is 0.625. The molecule has 7 nitrogen and oxygen atoms in total. The van der Waals surface area contributed by atoms with Crippen LogP contribution in [-0.4, -0.2) is 70.7 Å². The second kappa shape index (κ2) is 8.64. The summed E-state index contributed by atoms with van der Waals surface area (Å²) >= 11 is 5.89. The molecule has 0 unspecified atom stereocenters. The summed E-state index contributed by atoms with van der Waals surface area (Å²) in [5, 5.41) is 13.3. The van der Waals surface area contributed by atoms with Gasteiger partial charge in [0, 0.05) is 25.6 Å². The first kappa shape index (κ1) is 24.1. The van der Waals surface area contributed by atoms with Crippen LogP contribution in [0.5, 0.6) is 0 Å². The number of hydrogen-bond acceptors (Lipinski definition) is 4. The third-order valence-corrected chi connectivity index (χ3v) is 8.24. The number of imide groups is 1. The first-order valence-corrected chi connectivity index (χ1v) is 12.1. The molecule has 0 radical (unpaired) electrons. The number of amides is 3. The predicted octanol–water partition coefficient (Wildman–Crippen LogP) is 3.76. The number of benzene rings is 1. The molecule has 2 aliphatic heterocycles. The Morgan fingerprint density at radius 2 is 1.88 bits per heavy atom. The van der Waals surface area contributed by atoms with E-state index in [1.807, 2.05) is 6.92 Å². The highest BCUT2D eigenvalue weighted by Gasteiger charge is 2.68. The van der Waals surface area contributed by atoms with Gasteiger partial charge in [0.05, 0.1) is 23.5 Å². The van der Waals surface area contributed by atoms with E-state index in [4.69, 9.17) is 11.6 Å². The van der Waals surface area contributed by atoms with Crippen molar-refractivity contribution < 1.29 is 28.4 Å². The van der Waals surface area contributed by atoms with E-state index in [2.05, 4.69) is 5.32 Å². The van der Waals surface area contributed by atoms with Crippen molar-refractivity contribution in [3.63, 3.8) is 0 Å². The third-order valence-electron chi connectivity index (χ3n) is 7.94. The lowest BCUT2D eigenvalue weighted by Crippen LogP contribution is -2.73. The molecule has 1 aromatic carbocycles. The van der Waals surface area contributed by atoms with Gasteiger partial charge in [0.15, 0.2) is 5.54 Å². The Morgan fingerprint density at radius 1 is 1.21 bits per heavy atom. The minimum Gasteiger partial charge on any atom is -0.465 e. The molecule has 4 rings (SSSR count). The van der Waals surface area contributed by atoms with Crippen LogP contribution in [0.2, 0.25) is 5.02 Å². The lowest BCUT2D eigenvalue weighted by Gasteiger charge is -2.47. The molecule has 3 fully saturated rings. The van der Waals surface area contributed by atoms with E-state index in [0.29, 0.717) is 25.2 Å². The Balaban J connectivity index is 1.89. The number of quaternary nitrogens is 1. The number of nitrogens with zero attached hydrogens (tertiary/aromatic N) is 2. The monoisotopic (exact) mass is 480 g/mol. The van der Waals surface area contributed by atoms with Crippen LogP contribution >= 0.6 is 11.6 Å². The molecule has 9 heteroatoms. The number of likely N-dealkylation sites (N-methyl/N-ethyl adjacent to an activating group) is 1. The maximum Gasteiger partial charge on any atom is 0.408 e. The number of carbonyl (C=O) groups excluding carboxylic acids is 2. The molecule has 0 spiro atoms. The second-order valence-corrected chi connectivity index (χ2v) is 10.4. The topological polar surface area (TPSA) is 86.7 Å². The smallest absolute Gasteiger partial charge is 0.408 e. The van der Waals surface area contributed by atoms with Gasteiger partial charge in [0.1, 0.15) is 5.82 Å². The van der Waals surface area contributed by atoms with Crippen LogP contribution in [0, 0.1) is 11.2 Å². The Kier molecular flexibility index (Phi) is 6.31. The summed E-state index contributed by atoms with van der Waals surface area (Å²) in [6, 6.07) is 4.35. The zero-order chi connectivity index (χ0) is 24.0. The Morgan fingerprint density at radius 3 is 2.42 bits per heavy atom. The molecule has 1 aliphatic carbocycles. The van der Waals surface area contributed by atoms with Gasteiger partial charge in [-0.25, -0.2) is 18.8 Å². The summed E-state index contributed by atoms with van der Waals surface area (Å²) in [6.07, 6.45) is 2.66. The Labute approximate surface area is 198 Å². The van der Waals surface area contributed by atoms with Gasteiger partial charge < -0.3 is 10.4 Å². The summed E-state index contributed by atoms with van der Waals surface area (Å²) in [5.74, 6) is -1.75. The molecule has 33 heavy (non-hydrogen) atoms. The largest absolute Gasteiger partial charge is 0.465 e. The molecular weight excluding hydrogens is 449 g/mol. The zero-order valence-electron chi connectivity index (χ0n) is 19.2. The van der Waals surface area contributed by atoms with E-state index < -0.39 is 28.8 Å². The van der Waals surface area contributed by atoms with Crippen molar-refractivity contribution in [3.05, 3.63) is 34.6 Å². The normalized spacial score (nSPS) is 27.7. The molecule has 2 N–H and O–H groups in total. The minimum absolute atomic E-state index is 0.0383. The molecule has 180 valence electrons. The summed E-state index contributed by atoms with van der Waals surface area (Å²) in [5.41, 5.74) is -1.57. The SMILES string of the molecule is CCN(C(=O)O)[C@]1(C(=O)[N+]2(C(=O)C3(C)CC3)CCCCC2)CNC[C@H]1c1ccc(Cl)c(F)c1. The molecule has 1 saturated carbocycles. The number of carbonyl (C=O) groups is 3. The second-order valence-electron chi connectivity index (χ2n) is 9.95. The van der Waals surface area contributed by atoms with Crippen molar-refractivity contribution in [3.8, 4) is 0 Å². The number of carboxylic acid groups (broad SMARTS) is 1. The van der Waals surface area contributed by atoms with E-state index >= 15 is 0 Å². The highest BCUT2D eigenvalue weighted by atomic mass is 35.5. The number of nitrogens with one attached hydrogen (secondary N) is 1. The Hall–Kier alpha value is -2.03. The number of likely N-dealkylation sites (tertiary alicyclic amines) is 1. The Bertz CT molecular complexity index is 976. The van der Waals surface area contributed by atoms with Gasteiger partial charge in [-0.3, -0.25) is 4.90 Å². The van der Waals surface area contributed by atoms with Gasteiger partial charge in [-0.05, 0) is 63.6 Å². The maximum absolute atomic E-state index is 14.7. The molecule has 0 bridgehead atoms. The van der Waals surface area contributed by atoms with Crippen LogP contribution in [0.3, 0.4) is 0 Å².